The second kappa shape index (κ2) is 4.75. The maximum atomic E-state index is 11.6. The molecule has 0 saturated carbocycles. The molecule has 1 aliphatic heterocycles. The zero-order valence-corrected chi connectivity index (χ0v) is 12.1. The molecule has 1 saturated heterocycles. The van der Waals surface area contributed by atoms with Crippen LogP contribution < -0.4 is 5.32 Å². The molecule has 0 unspecified atom stereocenters. The predicted molar refractivity (Wildman–Crippen MR) is 75.6 cm³/mol. The first-order valence-electron chi connectivity index (χ1n) is 6.34. The number of benzene rings is 1. The largest absolute Gasteiger partial charge is 0.424 e. The van der Waals surface area contributed by atoms with Gasteiger partial charge in [-0.05, 0) is 24.6 Å². The summed E-state index contributed by atoms with van der Waals surface area (Å²) < 4.78 is 34.1. The number of aryl methyl sites for hydroxylation is 1. The van der Waals surface area contributed by atoms with Crippen LogP contribution in [0.5, 0.6) is 0 Å². The molecule has 1 aromatic carbocycles. The number of sulfone groups is 1. The Kier molecular flexibility index (Phi) is 3.18. The predicted octanol–water partition coefficient (Wildman–Crippen LogP) is 1.36. The van der Waals surface area contributed by atoms with Gasteiger partial charge in [0, 0.05) is 7.11 Å². The number of hydrogen-bond acceptors (Lipinski definition) is 6. The molecular weight excluding hydrogens is 280 g/mol. The van der Waals surface area contributed by atoms with Gasteiger partial charge in [-0.2, -0.15) is 4.98 Å². The first kappa shape index (κ1) is 13.4. The van der Waals surface area contributed by atoms with Crippen molar-refractivity contribution in [1.29, 1.82) is 0 Å². The summed E-state index contributed by atoms with van der Waals surface area (Å²) in [6.45, 7) is 1.98. The summed E-state index contributed by atoms with van der Waals surface area (Å²) in [4.78, 5) is 4.33. The zero-order valence-electron chi connectivity index (χ0n) is 11.3. The monoisotopic (exact) mass is 296 g/mol. The lowest BCUT2D eigenvalue weighted by Crippen LogP contribution is -2.33. The third-order valence-corrected chi connectivity index (χ3v) is 5.16. The van der Waals surface area contributed by atoms with Gasteiger partial charge >= 0.3 is 0 Å². The van der Waals surface area contributed by atoms with Crippen LogP contribution in [0, 0.1) is 6.92 Å². The van der Waals surface area contributed by atoms with E-state index in [9.17, 15) is 8.42 Å². The number of nitrogens with one attached hydrogen (secondary N) is 1. The fourth-order valence-corrected chi connectivity index (χ4v) is 4.29. The number of anilines is 1. The lowest BCUT2D eigenvalue weighted by Gasteiger charge is -2.16. The molecule has 108 valence electrons. The normalized spacial score (nSPS) is 25.1. The molecule has 20 heavy (non-hydrogen) atoms. The van der Waals surface area contributed by atoms with E-state index < -0.39 is 9.84 Å². The van der Waals surface area contributed by atoms with Gasteiger partial charge in [-0.3, -0.25) is 0 Å². The summed E-state index contributed by atoms with van der Waals surface area (Å²) in [6.07, 6.45) is -0.378. The molecule has 1 fully saturated rings. The standard InChI is InChI=1S/C13H16N2O4S/c1-8-3-4-11-9(5-8)14-13(19-11)15-10-6-20(16,17)7-12(10)18-2/h3-5,10,12H,6-7H2,1-2H3,(H,14,15)/t10-,12-/m1/s1. The van der Waals surface area contributed by atoms with E-state index in [0.717, 1.165) is 11.1 Å². The van der Waals surface area contributed by atoms with Gasteiger partial charge in [-0.15, -0.1) is 0 Å². The van der Waals surface area contributed by atoms with E-state index in [1.807, 2.05) is 25.1 Å². The van der Waals surface area contributed by atoms with Crippen molar-refractivity contribution < 1.29 is 17.6 Å². The number of hydrogen-bond donors (Lipinski definition) is 1. The number of methoxy groups -OCH3 is 1. The average Bonchev–Trinajstić information content (AvgIpc) is 2.88. The van der Waals surface area contributed by atoms with Crippen molar-refractivity contribution in [2.75, 3.05) is 23.9 Å². The molecule has 2 aromatic rings. The summed E-state index contributed by atoms with van der Waals surface area (Å²) in [5.74, 6) is 0.0593. The summed E-state index contributed by atoms with van der Waals surface area (Å²) in [7, 11) is -1.56. The molecule has 0 bridgehead atoms. The van der Waals surface area contributed by atoms with Gasteiger partial charge in [0.25, 0.3) is 6.01 Å². The van der Waals surface area contributed by atoms with Gasteiger partial charge in [-0.25, -0.2) is 8.42 Å². The third kappa shape index (κ3) is 2.51. The first-order chi connectivity index (χ1) is 9.47. The fourth-order valence-electron chi connectivity index (χ4n) is 2.44. The van der Waals surface area contributed by atoms with Crippen LogP contribution in [0.2, 0.25) is 0 Å². The molecule has 2 heterocycles. The van der Waals surface area contributed by atoms with Crippen LogP contribution in [-0.2, 0) is 14.6 Å². The van der Waals surface area contributed by atoms with Crippen LogP contribution in [0.4, 0.5) is 6.01 Å². The van der Waals surface area contributed by atoms with Crippen molar-refractivity contribution in [3.63, 3.8) is 0 Å². The van der Waals surface area contributed by atoms with E-state index in [2.05, 4.69) is 10.3 Å². The van der Waals surface area contributed by atoms with Crippen LogP contribution in [0.1, 0.15) is 5.56 Å². The third-order valence-electron chi connectivity index (χ3n) is 3.46. The minimum absolute atomic E-state index is 0.0283. The Hall–Kier alpha value is -1.60. The van der Waals surface area contributed by atoms with E-state index in [-0.39, 0.29) is 23.7 Å². The van der Waals surface area contributed by atoms with Gasteiger partial charge in [0.15, 0.2) is 15.4 Å². The number of aromatic nitrogens is 1. The Bertz CT molecular complexity index is 738. The van der Waals surface area contributed by atoms with Crippen LogP contribution >= 0.6 is 0 Å². The number of nitrogens with zero attached hydrogens (tertiary/aromatic N) is 1. The molecule has 0 spiro atoms. The lowest BCUT2D eigenvalue weighted by atomic mass is 10.2. The van der Waals surface area contributed by atoms with Crippen molar-refractivity contribution in [2.24, 2.45) is 0 Å². The zero-order chi connectivity index (χ0) is 14.3. The van der Waals surface area contributed by atoms with Crippen molar-refractivity contribution in [1.82, 2.24) is 4.98 Å². The van der Waals surface area contributed by atoms with Crippen molar-refractivity contribution in [3.05, 3.63) is 23.8 Å². The van der Waals surface area contributed by atoms with Gasteiger partial charge < -0.3 is 14.5 Å². The minimum atomic E-state index is -3.07. The summed E-state index contributed by atoms with van der Waals surface area (Å²) in [5.41, 5.74) is 2.52. The Balaban J connectivity index is 1.85. The van der Waals surface area contributed by atoms with E-state index in [1.165, 1.54) is 7.11 Å². The number of oxazole rings is 1. The minimum Gasteiger partial charge on any atom is -0.424 e. The Morgan fingerprint density at radius 1 is 1.40 bits per heavy atom. The molecule has 6 nitrogen and oxygen atoms in total. The van der Waals surface area contributed by atoms with Crippen LogP contribution in [0.15, 0.2) is 22.6 Å². The highest BCUT2D eigenvalue weighted by molar-refractivity contribution is 7.91. The molecule has 1 aliphatic rings. The highest BCUT2D eigenvalue weighted by atomic mass is 32.2. The second-order valence-corrected chi connectivity index (χ2v) is 7.25. The Morgan fingerprint density at radius 2 is 2.20 bits per heavy atom. The second-order valence-electron chi connectivity index (χ2n) is 5.09. The molecule has 0 radical (unpaired) electrons. The van der Waals surface area contributed by atoms with Crippen molar-refractivity contribution in [2.45, 2.75) is 19.1 Å². The molecular formula is C13H16N2O4S. The van der Waals surface area contributed by atoms with Crippen molar-refractivity contribution >= 4 is 27.0 Å². The number of rotatable bonds is 3. The Labute approximate surface area is 117 Å². The van der Waals surface area contributed by atoms with Gasteiger partial charge in [-0.1, -0.05) is 6.07 Å². The van der Waals surface area contributed by atoms with E-state index >= 15 is 0 Å². The van der Waals surface area contributed by atoms with Gasteiger partial charge in [0.1, 0.15) is 5.52 Å². The maximum Gasteiger partial charge on any atom is 0.296 e. The molecule has 1 aromatic heterocycles. The van der Waals surface area contributed by atoms with Crippen LogP contribution in [0.3, 0.4) is 0 Å². The molecule has 2 atom stereocenters. The maximum absolute atomic E-state index is 11.6. The average molecular weight is 296 g/mol. The molecule has 3 rings (SSSR count). The smallest absolute Gasteiger partial charge is 0.296 e. The first-order valence-corrected chi connectivity index (χ1v) is 8.16. The Morgan fingerprint density at radius 3 is 2.95 bits per heavy atom. The SMILES string of the molecule is CO[C@@H]1CS(=O)(=O)C[C@H]1Nc1nc2cc(C)ccc2o1. The van der Waals surface area contributed by atoms with Gasteiger partial charge in [0.2, 0.25) is 0 Å². The topological polar surface area (TPSA) is 81.4 Å². The number of fused-ring (bicyclic) bond motifs is 1. The van der Waals surface area contributed by atoms with Crippen molar-refractivity contribution in [3.8, 4) is 0 Å². The van der Waals surface area contributed by atoms with Crippen LogP contribution in [0.25, 0.3) is 11.1 Å². The summed E-state index contributed by atoms with van der Waals surface area (Å²) in [5, 5.41) is 3.02. The van der Waals surface area contributed by atoms with Gasteiger partial charge in [0.05, 0.1) is 23.7 Å². The van der Waals surface area contributed by atoms with E-state index in [4.69, 9.17) is 9.15 Å². The highest BCUT2D eigenvalue weighted by Crippen LogP contribution is 2.23. The highest BCUT2D eigenvalue weighted by Gasteiger charge is 2.38. The lowest BCUT2D eigenvalue weighted by molar-refractivity contribution is 0.115. The van der Waals surface area contributed by atoms with E-state index in [1.54, 1.807) is 0 Å². The number of ether oxygens (including phenoxy) is 1. The quantitative estimate of drug-likeness (QED) is 0.921. The van der Waals surface area contributed by atoms with E-state index in [0.29, 0.717) is 11.6 Å². The summed E-state index contributed by atoms with van der Waals surface area (Å²) in [6, 6.07) is 5.70. The molecule has 7 heteroatoms. The molecule has 1 N–H and O–H groups in total. The molecule has 0 amide bonds. The summed E-state index contributed by atoms with van der Waals surface area (Å²) >= 11 is 0. The molecule has 0 aliphatic carbocycles. The van der Waals surface area contributed by atoms with Crippen LogP contribution in [-0.4, -0.2) is 44.2 Å². The fraction of sp³-hybridized carbons (Fsp3) is 0.462.